The van der Waals surface area contributed by atoms with Gasteiger partial charge in [0.15, 0.2) is 0 Å². The third kappa shape index (κ3) is 3.77. The van der Waals surface area contributed by atoms with Crippen molar-refractivity contribution in [2.24, 2.45) is 10.1 Å². The molecule has 0 unspecified atom stereocenters. The van der Waals surface area contributed by atoms with Gasteiger partial charge in [0.05, 0.1) is 18.5 Å². The van der Waals surface area contributed by atoms with E-state index in [0.717, 1.165) is 26.1 Å². The second-order valence-corrected chi connectivity index (χ2v) is 6.55. The van der Waals surface area contributed by atoms with Crippen molar-refractivity contribution in [1.82, 2.24) is 9.66 Å². The van der Waals surface area contributed by atoms with E-state index in [1.54, 1.807) is 36.0 Å². The van der Waals surface area contributed by atoms with Crippen LogP contribution in [0.3, 0.4) is 0 Å². The van der Waals surface area contributed by atoms with Crippen LogP contribution in [-0.4, -0.2) is 22.4 Å². The number of hydrogen-bond acceptors (Lipinski definition) is 4. The minimum Gasteiger partial charge on any atom is -0.264 e. The fourth-order valence-corrected chi connectivity index (χ4v) is 3.42. The smallest absolute Gasteiger partial charge is 0.206 e. The predicted molar refractivity (Wildman–Crippen MR) is 103 cm³/mol. The summed E-state index contributed by atoms with van der Waals surface area (Å²) in [5, 5.41) is 6.68. The maximum Gasteiger partial charge on any atom is 0.206 e. The van der Waals surface area contributed by atoms with E-state index in [-0.39, 0.29) is 0 Å². The highest BCUT2D eigenvalue weighted by atomic mass is 79.9. The quantitative estimate of drug-likeness (QED) is 0.465. The van der Waals surface area contributed by atoms with Crippen LogP contribution in [0.5, 0.6) is 0 Å². The maximum absolute atomic E-state index is 4.62. The predicted octanol–water partition coefficient (Wildman–Crippen LogP) is 4.34. The molecule has 120 valence electrons. The Morgan fingerprint density at radius 1 is 1.25 bits per heavy atom. The first-order valence-electron chi connectivity index (χ1n) is 7.31. The Labute approximate surface area is 152 Å². The van der Waals surface area contributed by atoms with Gasteiger partial charge in [0, 0.05) is 33.4 Å². The second kappa shape index (κ2) is 7.99. The second-order valence-electron chi connectivity index (χ2n) is 4.86. The molecule has 4 nitrogen and oxygen atoms in total. The molecular formula is C18H15BrN4S. The molecule has 0 fully saturated rings. The summed E-state index contributed by atoms with van der Waals surface area (Å²) in [6.45, 7) is 4.28. The van der Waals surface area contributed by atoms with Gasteiger partial charge in [-0.15, -0.1) is 17.9 Å². The monoisotopic (exact) mass is 398 g/mol. The summed E-state index contributed by atoms with van der Waals surface area (Å²) in [5.41, 5.74) is 2.98. The van der Waals surface area contributed by atoms with Gasteiger partial charge in [0.1, 0.15) is 0 Å². The van der Waals surface area contributed by atoms with E-state index >= 15 is 0 Å². The molecule has 0 aliphatic carbocycles. The molecule has 0 N–H and O–H groups in total. The van der Waals surface area contributed by atoms with Crippen LogP contribution in [0, 0.1) is 0 Å². The molecule has 3 rings (SSSR count). The molecule has 24 heavy (non-hydrogen) atoms. The molecule has 2 heterocycles. The van der Waals surface area contributed by atoms with E-state index in [0.29, 0.717) is 6.54 Å². The minimum absolute atomic E-state index is 0.554. The van der Waals surface area contributed by atoms with Crippen LogP contribution in [0.2, 0.25) is 0 Å². The van der Waals surface area contributed by atoms with E-state index in [9.17, 15) is 0 Å². The van der Waals surface area contributed by atoms with Gasteiger partial charge in [0.2, 0.25) is 4.80 Å². The van der Waals surface area contributed by atoms with Crippen LogP contribution < -0.4 is 4.80 Å². The third-order valence-corrected chi connectivity index (χ3v) is 4.74. The topological polar surface area (TPSA) is 42.5 Å². The first-order chi connectivity index (χ1) is 11.8. The summed E-state index contributed by atoms with van der Waals surface area (Å²) in [7, 11) is 0. The fourth-order valence-electron chi connectivity index (χ4n) is 2.09. The molecule has 0 spiro atoms. The average molecular weight is 399 g/mol. The molecule has 0 radical (unpaired) electrons. The number of thiazole rings is 1. The lowest BCUT2D eigenvalue weighted by atomic mass is 10.2. The molecule has 0 aliphatic heterocycles. The zero-order valence-corrected chi connectivity index (χ0v) is 15.2. The van der Waals surface area contributed by atoms with Gasteiger partial charge in [-0.25, -0.2) is 4.68 Å². The molecule has 0 amide bonds. The summed E-state index contributed by atoms with van der Waals surface area (Å²) in [6.07, 6.45) is 7.07. The SMILES string of the molecule is C=CCN=c1scc(-c2ccccc2Br)n1N=Cc1cccnc1. The summed E-state index contributed by atoms with van der Waals surface area (Å²) >= 11 is 5.16. The Kier molecular flexibility index (Phi) is 5.51. The highest BCUT2D eigenvalue weighted by Gasteiger charge is 2.09. The van der Waals surface area contributed by atoms with E-state index in [1.807, 2.05) is 35.0 Å². The van der Waals surface area contributed by atoms with Crippen LogP contribution in [-0.2, 0) is 0 Å². The van der Waals surface area contributed by atoms with Crippen molar-refractivity contribution in [2.75, 3.05) is 6.54 Å². The van der Waals surface area contributed by atoms with Crippen molar-refractivity contribution in [2.45, 2.75) is 0 Å². The van der Waals surface area contributed by atoms with Gasteiger partial charge in [-0.2, -0.15) is 5.10 Å². The van der Waals surface area contributed by atoms with Crippen molar-refractivity contribution in [1.29, 1.82) is 0 Å². The van der Waals surface area contributed by atoms with Gasteiger partial charge in [0.25, 0.3) is 0 Å². The van der Waals surface area contributed by atoms with E-state index in [4.69, 9.17) is 0 Å². The van der Waals surface area contributed by atoms with Crippen LogP contribution in [0.4, 0.5) is 0 Å². The van der Waals surface area contributed by atoms with Crippen molar-refractivity contribution >= 4 is 33.5 Å². The Morgan fingerprint density at radius 3 is 2.88 bits per heavy atom. The summed E-state index contributed by atoms with van der Waals surface area (Å²) in [6, 6.07) is 11.9. The Balaban J connectivity index is 2.11. The summed E-state index contributed by atoms with van der Waals surface area (Å²) < 4.78 is 2.87. The molecule has 6 heteroatoms. The standard InChI is InChI=1S/C18H15BrN4S/c1-2-9-21-18-23(22-12-14-6-5-10-20-11-14)17(13-24-18)15-7-3-4-8-16(15)19/h2-8,10-13H,1,9H2. The molecule has 1 aromatic carbocycles. The highest BCUT2D eigenvalue weighted by Crippen LogP contribution is 2.28. The zero-order valence-electron chi connectivity index (χ0n) is 12.8. The van der Waals surface area contributed by atoms with E-state index < -0.39 is 0 Å². The molecule has 3 aromatic rings. The lowest BCUT2D eigenvalue weighted by molar-refractivity contribution is 0.840. The normalized spacial score (nSPS) is 12.0. The summed E-state index contributed by atoms with van der Waals surface area (Å²) in [4.78, 5) is 9.46. The maximum atomic E-state index is 4.62. The lowest BCUT2D eigenvalue weighted by Gasteiger charge is -2.05. The Bertz CT molecular complexity index is 925. The van der Waals surface area contributed by atoms with E-state index in [2.05, 4.69) is 49.0 Å². The number of halogens is 1. The van der Waals surface area contributed by atoms with Crippen LogP contribution in [0.15, 0.2) is 81.4 Å². The number of benzene rings is 1. The molecule has 0 saturated carbocycles. The van der Waals surface area contributed by atoms with Crippen LogP contribution >= 0.6 is 27.3 Å². The average Bonchev–Trinajstić information content (AvgIpc) is 3.02. The number of aromatic nitrogens is 2. The van der Waals surface area contributed by atoms with E-state index in [1.165, 1.54) is 0 Å². The number of hydrogen-bond donors (Lipinski definition) is 0. The molecular weight excluding hydrogens is 384 g/mol. The Morgan fingerprint density at radius 2 is 2.12 bits per heavy atom. The molecule has 0 bridgehead atoms. The first kappa shape index (κ1) is 16.5. The fraction of sp³-hybridized carbons (Fsp3) is 0.0556. The molecule has 0 aliphatic rings. The van der Waals surface area contributed by atoms with Gasteiger partial charge >= 0.3 is 0 Å². The molecule has 0 atom stereocenters. The molecule has 2 aromatic heterocycles. The number of nitrogens with zero attached hydrogens (tertiary/aromatic N) is 4. The van der Waals surface area contributed by atoms with Crippen molar-refractivity contribution in [3.63, 3.8) is 0 Å². The first-order valence-corrected chi connectivity index (χ1v) is 8.98. The lowest BCUT2D eigenvalue weighted by Crippen LogP contribution is -2.12. The van der Waals surface area contributed by atoms with Crippen molar-refractivity contribution < 1.29 is 0 Å². The van der Waals surface area contributed by atoms with Crippen molar-refractivity contribution in [3.8, 4) is 11.3 Å². The van der Waals surface area contributed by atoms with Crippen LogP contribution in [0.25, 0.3) is 11.3 Å². The van der Waals surface area contributed by atoms with Crippen molar-refractivity contribution in [3.05, 3.63) is 81.7 Å². The van der Waals surface area contributed by atoms with Gasteiger partial charge in [-0.1, -0.05) is 46.3 Å². The van der Waals surface area contributed by atoms with Crippen LogP contribution in [0.1, 0.15) is 5.56 Å². The third-order valence-electron chi connectivity index (χ3n) is 3.20. The largest absolute Gasteiger partial charge is 0.264 e. The zero-order chi connectivity index (χ0) is 16.8. The Hall–Kier alpha value is -2.31. The number of pyridine rings is 1. The summed E-state index contributed by atoms with van der Waals surface area (Å²) in [5.74, 6) is 0. The highest BCUT2D eigenvalue weighted by molar-refractivity contribution is 9.10. The van der Waals surface area contributed by atoms with Gasteiger partial charge in [-0.05, 0) is 12.1 Å². The van der Waals surface area contributed by atoms with Gasteiger partial charge < -0.3 is 0 Å². The number of rotatable bonds is 5. The molecule has 0 saturated heterocycles. The van der Waals surface area contributed by atoms with Gasteiger partial charge in [-0.3, -0.25) is 9.98 Å². The minimum atomic E-state index is 0.554.